The van der Waals surface area contributed by atoms with Crippen molar-refractivity contribution >= 4 is 40.1 Å². The Bertz CT molecular complexity index is 903. The number of anilines is 1. The second-order valence-electron chi connectivity index (χ2n) is 5.35. The lowest BCUT2D eigenvalue weighted by Crippen LogP contribution is -2.07. The van der Waals surface area contributed by atoms with Crippen LogP contribution in [0.15, 0.2) is 60.7 Å². The van der Waals surface area contributed by atoms with Crippen molar-refractivity contribution in [3.05, 3.63) is 76.1 Å². The van der Waals surface area contributed by atoms with Crippen molar-refractivity contribution in [1.29, 1.82) is 0 Å². The molecule has 0 bridgehead atoms. The Hall–Kier alpha value is -2.43. The Morgan fingerprint density at radius 3 is 2.60 bits per heavy atom. The van der Waals surface area contributed by atoms with Gasteiger partial charge in [0.2, 0.25) is 5.91 Å². The number of carbonyl (C=O) groups is 1. The summed E-state index contributed by atoms with van der Waals surface area (Å²) in [4.78, 5) is 17.9. The fourth-order valence-electron chi connectivity index (χ4n) is 2.39. The van der Waals surface area contributed by atoms with E-state index in [1.807, 2.05) is 48.5 Å². The predicted octanol–water partition coefficient (Wildman–Crippen LogP) is 5.68. The second-order valence-corrected chi connectivity index (χ2v) is 6.85. The van der Waals surface area contributed by atoms with Gasteiger partial charge in [-0.3, -0.25) is 10.1 Å². The summed E-state index contributed by atoms with van der Waals surface area (Å²) < 4.78 is 0. The first-order chi connectivity index (χ1) is 12.2. The topological polar surface area (TPSA) is 42.0 Å². The quantitative estimate of drug-likeness (QED) is 0.589. The molecule has 0 saturated carbocycles. The Morgan fingerprint density at radius 1 is 1.16 bits per heavy atom. The molecule has 1 heterocycles. The van der Waals surface area contributed by atoms with Gasteiger partial charge in [-0.1, -0.05) is 67.1 Å². The van der Waals surface area contributed by atoms with Crippen LogP contribution in [0, 0.1) is 0 Å². The normalized spacial score (nSPS) is 11.0. The van der Waals surface area contributed by atoms with Crippen LogP contribution in [0.4, 0.5) is 5.13 Å². The number of amides is 1. The molecule has 1 aromatic heterocycles. The Morgan fingerprint density at radius 2 is 1.88 bits per heavy atom. The van der Waals surface area contributed by atoms with E-state index in [1.54, 1.807) is 12.1 Å². The maximum absolute atomic E-state index is 12.2. The number of nitrogens with zero attached hydrogens (tertiary/aromatic N) is 1. The standard InChI is InChI=1S/C20H17ClN2OS/c1-2-17-19(15-9-4-3-5-10-15)23-20(25-17)22-18(24)13-12-14-8-6-7-11-16(14)21/h3-13H,2H2,1H3,(H,22,23,24)/b13-12+. The average Bonchev–Trinajstić information content (AvgIpc) is 3.04. The highest BCUT2D eigenvalue weighted by molar-refractivity contribution is 7.16. The first-order valence-corrected chi connectivity index (χ1v) is 9.15. The summed E-state index contributed by atoms with van der Waals surface area (Å²) >= 11 is 7.59. The molecule has 0 saturated heterocycles. The minimum atomic E-state index is -0.226. The molecule has 5 heteroatoms. The molecule has 0 unspecified atom stereocenters. The number of nitrogens with one attached hydrogen (secondary N) is 1. The Kier molecular flexibility index (Phi) is 5.64. The summed E-state index contributed by atoms with van der Waals surface area (Å²) in [5.74, 6) is -0.226. The number of aromatic nitrogens is 1. The number of rotatable bonds is 5. The largest absolute Gasteiger partial charge is 0.298 e. The van der Waals surface area contributed by atoms with Gasteiger partial charge in [0.1, 0.15) is 0 Å². The van der Waals surface area contributed by atoms with Gasteiger partial charge in [-0.15, -0.1) is 11.3 Å². The molecule has 0 aliphatic carbocycles. The molecular formula is C20H17ClN2OS. The van der Waals surface area contributed by atoms with Crippen molar-refractivity contribution in [2.45, 2.75) is 13.3 Å². The van der Waals surface area contributed by atoms with Gasteiger partial charge in [0.05, 0.1) is 5.69 Å². The molecule has 3 nitrogen and oxygen atoms in total. The zero-order valence-corrected chi connectivity index (χ0v) is 15.3. The van der Waals surface area contributed by atoms with Crippen LogP contribution < -0.4 is 5.32 Å². The fourth-order valence-corrected chi connectivity index (χ4v) is 3.51. The molecule has 0 atom stereocenters. The molecule has 126 valence electrons. The van der Waals surface area contributed by atoms with E-state index < -0.39 is 0 Å². The van der Waals surface area contributed by atoms with E-state index in [4.69, 9.17) is 11.6 Å². The summed E-state index contributed by atoms with van der Waals surface area (Å²) in [5.41, 5.74) is 2.79. The highest BCUT2D eigenvalue weighted by Crippen LogP contribution is 2.31. The van der Waals surface area contributed by atoms with Gasteiger partial charge in [0.25, 0.3) is 0 Å². The van der Waals surface area contributed by atoms with Crippen LogP contribution in [0.5, 0.6) is 0 Å². The summed E-state index contributed by atoms with van der Waals surface area (Å²) in [7, 11) is 0. The molecule has 2 aromatic carbocycles. The van der Waals surface area contributed by atoms with E-state index in [0.29, 0.717) is 10.2 Å². The third kappa shape index (κ3) is 4.35. The van der Waals surface area contributed by atoms with Gasteiger partial charge in [-0.25, -0.2) is 4.98 Å². The molecule has 0 spiro atoms. The molecule has 25 heavy (non-hydrogen) atoms. The number of benzene rings is 2. The SMILES string of the molecule is CCc1sc(NC(=O)/C=C/c2ccccc2Cl)nc1-c1ccccc1. The van der Waals surface area contributed by atoms with Crippen LogP contribution in [-0.4, -0.2) is 10.9 Å². The molecule has 0 fully saturated rings. The average molecular weight is 369 g/mol. The minimum absolute atomic E-state index is 0.226. The molecule has 0 aliphatic heterocycles. The van der Waals surface area contributed by atoms with Crippen LogP contribution in [0.25, 0.3) is 17.3 Å². The fraction of sp³-hybridized carbons (Fsp3) is 0.100. The molecule has 1 N–H and O–H groups in total. The van der Waals surface area contributed by atoms with Crippen molar-refractivity contribution in [2.75, 3.05) is 5.32 Å². The maximum Gasteiger partial charge on any atom is 0.250 e. The summed E-state index contributed by atoms with van der Waals surface area (Å²) in [6.07, 6.45) is 4.04. The van der Waals surface area contributed by atoms with E-state index in [1.165, 1.54) is 17.4 Å². The second kappa shape index (κ2) is 8.10. The Labute approximate surface area is 156 Å². The number of thiazole rings is 1. The number of carbonyl (C=O) groups excluding carboxylic acids is 1. The first kappa shape index (κ1) is 17.4. The molecule has 0 radical (unpaired) electrons. The maximum atomic E-state index is 12.2. The highest BCUT2D eigenvalue weighted by atomic mass is 35.5. The van der Waals surface area contributed by atoms with Gasteiger partial charge in [0, 0.05) is 21.5 Å². The zero-order chi connectivity index (χ0) is 17.6. The number of hydrogen-bond acceptors (Lipinski definition) is 3. The van der Waals surface area contributed by atoms with Crippen molar-refractivity contribution in [2.24, 2.45) is 0 Å². The van der Waals surface area contributed by atoms with E-state index in [9.17, 15) is 4.79 Å². The van der Waals surface area contributed by atoms with Gasteiger partial charge < -0.3 is 0 Å². The molecule has 3 rings (SSSR count). The zero-order valence-electron chi connectivity index (χ0n) is 13.7. The smallest absolute Gasteiger partial charge is 0.250 e. The third-order valence-electron chi connectivity index (χ3n) is 3.62. The lowest BCUT2D eigenvalue weighted by atomic mass is 10.1. The summed E-state index contributed by atoms with van der Waals surface area (Å²) in [6, 6.07) is 17.4. The van der Waals surface area contributed by atoms with E-state index >= 15 is 0 Å². The monoisotopic (exact) mass is 368 g/mol. The Balaban J connectivity index is 1.76. The molecule has 0 aliphatic rings. The molecule has 3 aromatic rings. The van der Waals surface area contributed by atoms with Crippen molar-refractivity contribution in [1.82, 2.24) is 4.98 Å². The van der Waals surface area contributed by atoms with Crippen LogP contribution in [0.1, 0.15) is 17.4 Å². The van der Waals surface area contributed by atoms with Gasteiger partial charge in [-0.2, -0.15) is 0 Å². The van der Waals surface area contributed by atoms with Crippen molar-refractivity contribution in [3.8, 4) is 11.3 Å². The van der Waals surface area contributed by atoms with E-state index in [0.717, 1.165) is 28.1 Å². The van der Waals surface area contributed by atoms with E-state index in [2.05, 4.69) is 17.2 Å². The predicted molar refractivity (Wildman–Crippen MR) is 106 cm³/mol. The first-order valence-electron chi connectivity index (χ1n) is 7.96. The van der Waals surface area contributed by atoms with Gasteiger partial charge in [0.15, 0.2) is 5.13 Å². The van der Waals surface area contributed by atoms with Crippen LogP contribution in [-0.2, 0) is 11.2 Å². The van der Waals surface area contributed by atoms with Gasteiger partial charge in [-0.05, 0) is 24.1 Å². The van der Waals surface area contributed by atoms with Crippen LogP contribution in [0.3, 0.4) is 0 Å². The summed E-state index contributed by atoms with van der Waals surface area (Å²) in [5, 5.41) is 4.05. The van der Waals surface area contributed by atoms with Gasteiger partial charge >= 0.3 is 0 Å². The van der Waals surface area contributed by atoms with Crippen molar-refractivity contribution in [3.63, 3.8) is 0 Å². The number of aryl methyl sites for hydroxylation is 1. The number of hydrogen-bond donors (Lipinski definition) is 1. The minimum Gasteiger partial charge on any atom is -0.298 e. The lowest BCUT2D eigenvalue weighted by Gasteiger charge is -1.99. The van der Waals surface area contributed by atoms with E-state index in [-0.39, 0.29) is 5.91 Å². The number of halogens is 1. The molecule has 1 amide bonds. The van der Waals surface area contributed by atoms with Crippen molar-refractivity contribution < 1.29 is 4.79 Å². The van der Waals surface area contributed by atoms with Crippen LogP contribution in [0.2, 0.25) is 5.02 Å². The third-order valence-corrected chi connectivity index (χ3v) is 5.07. The lowest BCUT2D eigenvalue weighted by molar-refractivity contribution is -0.111. The highest BCUT2D eigenvalue weighted by Gasteiger charge is 2.12. The van der Waals surface area contributed by atoms with Crippen LogP contribution >= 0.6 is 22.9 Å². The molecular weight excluding hydrogens is 352 g/mol. The summed E-state index contributed by atoms with van der Waals surface area (Å²) in [6.45, 7) is 2.09.